The maximum atomic E-state index is 13.1. The maximum absolute atomic E-state index is 13.1. The first-order chi connectivity index (χ1) is 11.3. The number of aromatic nitrogens is 2. The fraction of sp³-hybridized carbons (Fsp3) is 0.529. The highest BCUT2D eigenvalue weighted by Crippen LogP contribution is 2.43. The molecular weight excluding hydrogens is 292 g/mol. The highest BCUT2D eigenvalue weighted by Gasteiger charge is 2.52. The number of nitrogens with zero attached hydrogens (tertiary/aromatic N) is 3. The molecule has 6 nitrogen and oxygen atoms in total. The summed E-state index contributed by atoms with van der Waals surface area (Å²) in [4.78, 5) is 17.7. The Kier molecular flexibility index (Phi) is 2.74. The summed E-state index contributed by atoms with van der Waals surface area (Å²) in [6.07, 6.45) is 2.42. The smallest absolute Gasteiger partial charge is 0.275 e. The number of hydrogen-bond donors (Lipinski definition) is 1. The third kappa shape index (κ3) is 1.72. The molecule has 3 aliphatic heterocycles. The van der Waals surface area contributed by atoms with Crippen LogP contribution < -0.4 is 4.74 Å². The van der Waals surface area contributed by atoms with Crippen molar-refractivity contribution in [2.45, 2.75) is 24.9 Å². The fourth-order valence-electron chi connectivity index (χ4n) is 4.73. The van der Waals surface area contributed by atoms with Gasteiger partial charge in [0.1, 0.15) is 5.75 Å². The van der Waals surface area contributed by atoms with Crippen LogP contribution in [0, 0.1) is 5.92 Å². The van der Waals surface area contributed by atoms with Crippen molar-refractivity contribution in [2.75, 3.05) is 26.7 Å². The van der Waals surface area contributed by atoms with Gasteiger partial charge in [0.05, 0.1) is 18.0 Å². The van der Waals surface area contributed by atoms with Gasteiger partial charge >= 0.3 is 0 Å². The van der Waals surface area contributed by atoms with Crippen molar-refractivity contribution >= 4 is 16.8 Å². The SMILES string of the molecule is COc1cccc2[nH]nc(C(=O)N3CCC4C3CN3CC[C@@H]43)c12. The number of ether oxygens (including phenoxy) is 1. The Balaban J connectivity index is 1.52. The molecule has 1 aromatic carbocycles. The predicted octanol–water partition coefficient (Wildman–Crippen LogP) is 1.49. The van der Waals surface area contributed by atoms with Gasteiger partial charge in [0.2, 0.25) is 0 Å². The maximum Gasteiger partial charge on any atom is 0.275 e. The van der Waals surface area contributed by atoms with Gasteiger partial charge in [-0.15, -0.1) is 0 Å². The zero-order chi connectivity index (χ0) is 15.6. The summed E-state index contributed by atoms with van der Waals surface area (Å²) in [5.74, 6) is 1.39. The Labute approximate surface area is 134 Å². The first-order valence-electron chi connectivity index (χ1n) is 8.34. The lowest BCUT2D eigenvalue weighted by Crippen LogP contribution is -2.45. The number of H-pyrrole nitrogens is 1. The topological polar surface area (TPSA) is 61.5 Å². The van der Waals surface area contributed by atoms with Crippen LogP contribution in [0.1, 0.15) is 23.3 Å². The third-order valence-electron chi connectivity index (χ3n) is 5.93. The Morgan fingerprint density at radius 2 is 2.22 bits per heavy atom. The molecule has 1 N–H and O–H groups in total. The van der Waals surface area contributed by atoms with Crippen molar-refractivity contribution in [1.82, 2.24) is 20.0 Å². The number of benzene rings is 1. The van der Waals surface area contributed by atoms with E-state index in [4.69, 9.17) is 4.74 Å². The minimum Gasteiger partial charge on any atom is -0.496 e. The van der Waals surface area contributed by atoms with Gasteiger partial charge in [-0.1, -0.05) is 6.07 Å². The van der Waals surface area contributed by atoms with Gasteiger partial charge in [0.15, 0.2) is 5.69 Å². The zero-order valence-corrected chi connectivity index (χ0v) is 13.2. The van der Waals surface area contributed by atoms with Gasteiger partial charge in [0, 0.05) is 31.7 Å². The summed E-state index contributed by atoms with van der Waals surface area (Å²) >= 11 is 0. The van der Waals surface area contributed by atoms with E-state index in [2.05, 4.69) is 15.1 Å². The molecule has 120 valence electrons. The Bertz CT molecular complexity index is 786. The molecule has 6 heteroatoms. The monoisotopic (exact) mass is 312 g/mol. The van der Waals surface area contributed by atoms with E-state index in [-0.39, 0.29) is 5.91 Å². The number of carbonyl (C=O) groups excluding carboxylic acids is 1. The molecule has 2 unspecified atom stereocenters. The summed E-state index contributed by atoms with van der Waals surface area (Å²) in [5, 5.41) is 8.07. The van der Waals surface area contributed by atoms with E-state index in [0.717, 1.165) is 30.4 Å². The molecule has 3 aliphatic rings. The van der Waals surface area contributed by atoms with Crippen molar-refractivity contribution in [1.29, 1.82) is 0 Å². The molecule has 1 aromatic heterocycles. The first-order valence-corrected chi connectivity index (χ1v) is 8.34. The second kappa shape index (κ2) is 4.71. The van der Waals surface area contributed by atoms with E-state index in [0.29, 0.717) is 29.4 Å². The number of rotatable bonds is 2. The van der Waals surface area contributed by atoms with E-state index in [9.17, 15) is 4.79 Å². The second-order valence-electron chi connectivity index (χ2n) is 6.82. The molecule has 2 aromatic rings. The average Bonchev–Trinajstić information content (AvgIpc) is 3.20. The number of carbonyl (C=O) groups is 1. The lowest BCUT2D eigenvalue weighted by molar-refractivity contribution is 0.0713. The molecule has 3 fully saturated rings. The van der Waals surface area contributed by atoms with Crippen LogP contribution in [0.4, 0.5) is 0 Å². The summed E-state index contributed by atoms with van der Waals surface area (Å²) in [6.45, 7) is 3.07. The molecule has 0 saturated carbocycles. The first kappa shape index (κ1) is 13.4. The third-order valence-corrected chi connectivity index (χ3v) is 5.93. The molecule has 23 heavy (non-hydrogen) atoms. The number of fused-ring (bicyclic) bond motifs is 4. The van der Waals surface area contributed by atoms with Crippen LogP contribution in [0.15, 0.2) is 18.2 Å². The standard InChI is InChI=1S/C17H20N4O2/c1-23-14-4-2-3-11-15(14)16(19-18-11)17(22)21-8-5-10-12-6-7-20(12)9-13(10)21/h2-4,10,12-13H,5-9H2,1H3,(H,18,19)/t10?,12-,13?/m0/s1. The van der Waals surface area contributed by atoms with E-state index >= 15 is 0 Å². The van der Waals surface area contributed by atoms with Crippen LogP contribution in [0.5, 0.6) is 5.75 Å². The molecule has 0 bridgehead atoms. The van der Waals surface area contributed by atoms with Gasteiger partial charge in [-0.25, -0.2) is 0 Å². The number of methoxy groups -OCH3 is 1. The highest BCUT2D eigenvalue weighted by molar-refractivity contribution is 6.07. The normalized spacial score (nSPS) is 29.4. The van der Waals surface area contributed by atoms with E-state index in [1.165, 1.54) is 13.0 Å². The van der Waals surface area contributed by atoms with E-state index in [1.54, 1.807) is 7.11 Å². The molecule has 0 spiro atoms. The Morgan fingerprint density at radius 3 is 3.00 bits per heavy atom. The summed E-state index contributed by atoms with van der Waals surface area (Å²) < 4.78 is 5.43. The van der Waals surface area contributed by atoms with Crippen molar-refractivity contribution in [3.63, 3.8) is 0 Å². The van der Waals surface area contributed by atoms with Gasteiger partial charge in [-0.3, -0.25) is 14.8 Å². The Hall–Kier alpha value is -2.08. The second-order valence-corrected chi connectivity index (χ2v) is 6.82. The van der Waals surface area contributed by atoms with Crippen LogP contribution in [0.3, 0.4) is 0 Å². The predicted molar refractivity (Wildman–Crippen MR) is 85.6 cm³/mol. The van der Waals surface area contributed by atoms with E-state index in [1.807, 2.05) is 23.1 Å². The van der Waals surface area contributed by atoms with Crippen LogP contribution >= 0.6 is 0 Å². The molecular formula is C17H20N4O2. The van der Waals surface area contributed by atoms with Crippen LogP contribution in [0.25, 0.3) is 10.9 Å². The molecule has 4 heterocycles. The van der Waals surface area contributed by atoms with Gasteiger partial charge in [-0.2, -0.15) is 5.10 Å². The largest absolute Gasteiger partial charge is 0.496 e. The number of aromatic amines is 1. The summed E-state index contributed by atoms with van der Waals surface area (Å²) in [7, 11) is 1.63. The average molecular weight is 312 g/mol. The number of amides is 1. The molecule has 3 atom stereocenters. The van der Waals surface area contributed by atoms with E-state index < -0.39 is 0 Å². The highest BCUT2D eigenvalue weighted by atomic mass is 16.5. The van der Waals surface area contributed by atoms with Gasteiger partial charge in [-0.05, 0) is 30.9 Å². The minimum absolute atomic E-state index is 0.0377. The lowest BCUT2D eigenvalue weighted by Gasteiger charge is -2.37. The quantitative estimate of drug-likeness (QED) is 0.913. The molecule has 0 aliphatic carbocycles. The number of nitrogens with one attached hydrogen (secondary N) is 1. The Morgan fingerprint density at radius 1 is 1.30 bits per heavy atom. The molecule has 5 rings (SSSR count). The summed E-state index contributed by atoms with van der Waals surface area (Å²) in [6, 6.07) is 6.78. The van der Waals surface area contributed by atoms with Crippen LogP contribution in [-0.2, 0) is 0 Å². The fourth-order valence-corrected chi connectivity index (χ4v) is 4.73. The lowest BCUT2D eigenvalue weighted by atomic mass is 9.91. The number of hydrogen-bond acceptors (Lipinski definition) is 4. The molecule has 1 amide bonds. The summed E-state index contributed by atoms with van der Waals surface area (Å²) in [5.41, 5.74) is 1.34. The van der Waals surface area contributed by atoms with Crippen molar-refractivity contribution < 1.29 is 9.53 Å². The molecule has 0 radical (unpaired) electrons. The minimum atomic E-state index is 0.0377. The van der Waals surface area contributed by atoms with Crippen LogP contribution in [0.2, 0.25) is 0 Å². The van der Waals surface area contributed by atoms with Crippen molar-refractivity contribution in [3.05, 3.63) is 23.9 Å². The molecule has 3 saturated heterocycles. The number of likely N-dealkylation sites (tertiary alicyclic amines) is 1. The van der Waals surface area contributed by atoms with Crippen LogP contribution in [-0.4, -0.2) is 64.7 Å². The van der Waals surface area contributed by atoms with Gasteiger partial charge in [0.25, 0.3) is 5.91 Å². The zero-order valence-electron chi connectivity index (χ0n) is 13.2. The van der Waals surface area contributed by atoms with Crippen molar-refractivity contribution in [2.24, 2.45) is 5.92 Å². The van der Waals surface area contributed by atoms with Gasteiger partial charge < -0.3 is 9.64 Å². The van der Waals surface area contributed by atoms with Crippen molar-refractivity contribution in [3.8, 4) is 5.75 Å².